The van der Waals surface area contributed by atoms with Gasteiger partial charge in [0.15, 0.2) is 5.82 Å². The van der Waals surface area contributed by atoms with Gasteiger partial charge >= 0.3 is 0 Å². The number of rotatable bonds is 7. The Morgan fingerprint density at radius 2 is 1.71 bits per heavy atom. The topological polar surface area (TPSA) is 95.9 Å². The van der Waals surface area contributed by atoms with E-state index in [-0.39, 0.29) is 0 Å². The number of hydrogen-bond acceptors (Lipinski definition) is 7. The Bertz CT molecular complexity index is 1270. The summed E-state index contributed by atoms with van der Waals surface area (Å²) in [5.74, 6) is 2.11. The number of allylic oxidation sites excluding steroid dienone is 2. The smallest absolute Gasteiger partial charge is 0.155 e. The second kappa shape index (κ2) is 14.0. The van der Waals surface area contributed by atoms with Crippen molar-refractivity contribution in [2.45, 2.75) is 41.0 Å². The molecule has 0 aliphatic carbocycles. The molecule has 200 valence electrons. The van der Waals surface area contributed by atoms with Crippen LogP contribution in [0.2, 0.25) is 0 Å². The molecular weight excluding hydrogens is 472 g/mol. The number of nitrogens with two attached hydrogens (primary N) is 1. The van der Waals surface area contributed by atoms with E-state index in [1.807, 2.05) is 63.5 Å². The van der Waals surface area contributed by atoms with E-state index in [1.54, 1.807) is 13.2 Å². The average molecular weight is 513 g/mol. The highest BCUT2D eigenvalue weighted by Gasteiger charge is 2.18. The maximum Gasteiger partial charge on any atom is 0.155 e. The zero-order valence-corrected chi connectivity index (χ0v) is 23.5. The van der Waals surface area contributed by atoms with E-state index in [2.05, 4.69) is 55.7 Å². The summed E-state index contributed by atoms with van der Waals surface area (Å²) in [7, 11) is 1.77. The standard InChI is InChI=1S/C28H34N8.C2H6/c1-20(2)23(19-30-4)24-9-8-21(3)25(33-24)18-26(29)34-27-17-22(10-12-31-27)35-13-15-36(16-14-35)28-7-5-6-11-32-28;1-2/h5-12,17,19H,13-16,18H2,1-4H3,(H2,29,31,34);1-2H3. The summed E-state index contributed by atoms with van der Waals surface area (Å²) in [5, 5.41) is 0. The molecule has 0 radical (unpaired) electrons. The predicted octanol–water partition coefficient (Wildman–Crippen LogP) is 5.26. The molecular formula is C30H40N8. The fourth-order valence-electron chi connectivity index (χ4n) is 4.24. The van der Waals surface area contributed by atoms with Crippen molar-refractivity contribution in [2.24, 2.45) is 15.7 Å². The molecule has 0 bridgehead atoms. The van der Waals surface area contributed by atoms with Gasteiger partial charge in [0.25, 0.3) is 0 Å². The van der Waals surface area contributed by atoms with Gasteiger partial charge in [-0.25, -0.2) is 15.0 Å². The van der Waals surface area contributed by atoms with Crippen LogP contribution >= 0.6 is 0 Å². The van der Waals surface area contributed by atoms with Gasteiger partial charge < -0.3 is 15.5 Å². The number of nitrogens with zero attached hydrogens (tertiary/aromatic N) is 7. The second-order valence-electron chi connectivity index (χ2n) is 9.08. The molecule has 1 saturated heterocycles. The molecule has 1 fully saturated rings. The van der Waals surface area contributed by atoms with Gasteiger partial charge in [-0.05, 0) is 50.6 Å². The third-order valence-corrected chi connectivity index (χ3v) is 6.23. The molecule has 38 heavy (non-hydrogen) atoms. The lowest BCUT2D eigenvalue weighted by Crippen LogP contribution is -2.46. The Morgan fingerprint density at radius 3 is 2.37 bits per heavy atom. The molecule has 8 nitrogen and oxygen atoms in total. The van der Waals surface area contributed by atoms with Crippen LogP contribution in [0.15, 0.2) is 70.4 Å². The van der Waals surface area contributed by atoms with Crippen molar-refractivity contribution in [3.63, 3.8) is 0 Å². The minimum absolute atomic E-state index is 0.452. The maximum absolute atomic E-state index is 6.37. The summed E-state index contributed by atoms with van der Waals surface area (Å²) in [4.78, 5) is 27.2. The molecule has 2 N–H and O–H groups in total. The SMILES string of the molecule is CC.CN=CC(=C(C)C)c1ccc(C)c(CC(N)=Nc2cc(N3CCN(c4ccccn4)CC3)ccn2)n1. The largest absolute Gasteiger partial charge is 0.387 e. The van der Waals surface area contributed by atoms with E-state index in [1.165, 1.54) is 0 Å². The van der Waals surface area contributed by atoms with Crippen molar-refractivity contribution in [3.8, 4) is 0 Å². The normalized spacial score (nSPS) is 13.8. The monoisotopic (exact) mass is 512 g/mol. The van der Waals surface area contributed by atoms with Crippen molar-refractivity contribution in [2.75, 3.05) is 43.0 Å². The van der Waals surface area contributed by atoms with Crippen LogP contribution in [0.3, 0.4) is 0 Å². The Labute approximate surface area is 227 Å². The lowest BCUT2D eigenvalue weighted by atomic mass is 10.0. The fourth-order valence-corrected chi connectivity index (χ4v) is 4.24. The molecule has 4 heterocycles. The molecule has 3 aromatic rings. The molecule has 0 aromatic carbocycles. The highest BCUT2D eigenvalue weighted by Crippen LogP contribution is 2.23. The minimum Gasteiger partial charge on any atom is -0.387 e. The molecule has 3 aromatic heterocycles. The predicted molar refractivity (Wildman–Crippen MR) is 161 cm³/mol. The van der Waals surface area contributed by atoms with Gasteiger partial charge in [-0.3, -0.25) is 9.98 Å². The van der Waals surface area contributed by atoms with Gasteiger partial charge in [0, 0.05) is 75.6 Å². The first kappa shape index (κ1) is 28.5. The number of pyridine rings is 3. The lowest BCUT2D eigenvalue weighted by molar-refractivity contribution is 0.647. The van der Waals surface area contributed by atoms with Crippen LogP contribution in [0.4, 0.5) is 17.3 Å². The molecule has 0 amide bonds. The molecule has 0 unspecified atom stereocenters. The van der Waals surface area contributed by atoms with Crippen molar-refractivity contribution < 1.29 is 0 Å². The number of anilines is 2. The molecule has 1 aliphatic rings. The van der Waals surface area contributed by atoms with Crippen molar-refractivity contribution in [1.82, 2.24) is 15.0 Å². The van der Waals surface area contributed by atoms with E-state index in [9.17, 15) is 0 Å². The van der Waals surface area contributed by atoms with Gasteiger partial charge in [0.1, 0.15) is 11.7 Å². The van der Waals surface area contributed by atoms with E-state index >= 15 is 0 Å². The third kappa shape index (κ3) is 7.47. The Kier molecular flexibility index (Phi) is 10.5. The van der Waals surface area contributed by atoms with Gasteiger partial charge in [-0.15, -0.1) is 0 Å². The fraction of sp³-hybridized carbons (Fsp3) is 0.367. The van der Waals surface area contributed by atoms with E-state index < -0.39 is 0 Å². The number of piperazine rings is 1. The van der Waals surface area contributed by atoms with E-state index in [4.69, 9.17) is 10.7 Å². The maximum atomic E-state index is 6.37. The lowest BCUT2D eigenvalue weighted by Gasteiger charge is -2.36. The van der Waals surface area contributed by atoms with Gasteiger partial charge in [0.2, 0.25) is 0 Å². The first-order chi connectivity index (χ1) is 18.4. The van der Waals surface area contributed by atoms with Crippen molar-refractivity contribution >= 4 is 34.9 Å². The van der Waals surface area contributed by atoms with Crippen LogP contribution in [-0.2, 0) is 6.42 Å². The summed E-state index contributed by atoms with van der Waals surface area (Å²) in [6.45, 7) is 13.8. The van der Waals surface area contributed by atoms with Crippen molar-refractivity contribution in [1.29, 1.82) is 0 Å². The summed E-state index contributed by atoms with van der Waals surface area (Å²) in [5.41, 5.74) is 12.5. The molecule has 0 atom stereocenters. The molecule has 1 aliphatic heterocycles. The number of aromatic nitrogens is 3. The van der Waals surface area contributed by atoms with Gasteiger partial charge in [-0.2, -0.15) is 0 Å². The Morgan fingerprint density at radius 1 is 0.974 bits per heavy atom. The zero-order chi connectivity index (χ0) is 27.5. The quantitative estimate of drug-likeness (QED) is 0.343. The van der Waals surface area contributed by atoms with E-state index in [0.717, 1.165) is 65.8 Å². The van der Waals surface area contributed by atoms with E-state index in [0.29, 0.717) is 18.1 Å². The van der Waals surface area contributed by atoms with Crippen molar-refractivity contribution in [3.05, 3.63) is 77.4 Å². The first-order valence-electron chi connectivity index (χ1n) is 13.2. The third-order valence-electron chi connectivity index (χ3n) is 6.23. The molecule has 0 spiro atoms. The second-order valence-corrected chi connectivity index (χ2v) is 9.08. The number of aryl methyl sites for hydroxylation is 1. The Hall–Kier alpha value is -4.07. The van der Waals surface area contributed by atoms with Crippen LogP contribution in [0.25, 0.3) is 5.57 Å². The summed E-state index contributed by atoms with van der Waals surface area (Å²) >= 11 is 0. The summed E-state index contributed by atoms with van der Waals surface area (Å²) in [6, 6.07) is 14.1. The summed E-state index contributed by atoms with van der Waals surface area (Å²) in [6.07, 6.45) is 5.93. The molecule has 8 heteroatoms. The van der Waals surface area contributed by atoms with Crippen LogP contribution in [-0.4, -0.2) is 60.2 Å². The molecule has 0 saturated carbocycles. The van der Waals surface area contributed by atoms with Gasteiger partial charge in [0.05, 0.1) is 11.4 Å². The zero-order valence-electron chi connectivity index (χ0n) is 23.5. The Balaban J connectivity index is 0.00000195. The number of hydrogen-bond donors (Lipinski definition) is 1. The van der Waals surface area contributed by atoms with Crippen LogP contribution < -0.4 is 15.5 Å². The average Bonchev–Trinajstić information content (AvgIpc) is 2.94. The highest BCUT2D eigenvalue weighted by molar-refractivity contribution is 6.10. The minimum atomic E-state index is 0.452. The van der Waals surface area contributed by atoms with Crippen LogP contribution in [0.5, 0.6) is 0 Å². The highest BCUT2D eigenvalue weighted by atomic mass is 15.3. The number of aliphatic imine (C=N–C) groups is 2. The number of amidine groups is 1. The van der Waals surface area contributed by atoms with Crippen LogP contribution in [0, 0.1) is 6.92 Å². The summed E-state index contributed by atoms with van der Waals surface area (Å²) < 4.78 is 0. The molecule has 4 rings (SSSR count). The first-order valence-corrected chi connectivity index (χ1v) is 13.2. The van der Waals surface area contributed by atoms with Gasteiger partial charge in [-0.1, -0.05) is 31.6 Å². The van der Waals surface area contributed by atoms with Crippen LogP contribution in [0.1, 0.15) is 44.6 Å².